The predicted molar refractivity (Wildman–Crippen MR) is 202 cm³/mol. The molecule has 1 atom stereocenters. The smallest absolute Gasteiger partial charge is 0.315 e. The van der Waals surface area contributed by atoms with Gasteiger partial charge in [0.15, 0.2) is 5.78 Å². The zero-order valence-corrected chi connectivity index (χ0v) is 32.2. The van der Waals surface area contributed by atoms with Gasteiger partial charge in [-0.3, -0.25) is 9.59 Å². The Labute approximate surface area is 294 Å². The first-order chi connectivity index (χ1) is 23.1. The van der Waals surface area contributed by atoms with Crippen molar-refractivity contribution in [3.05, 3.63) is 0 Å². The summed E-state index contributed by atoms with van der Waals surface area (Å²) in [5, 5.41) is 0. The van der Waals surface area contributed by atoms with Crippen LogP contribution in [0.25, 0.3) is 0 Å². The van der Waals surface area contributed by atoms with Gasteiger partial charge in [-0.25, -0.2) is 0 Å². The number of hydrogen-bond acceptors (Lipinski definition) is 4. The first-order valence-corrected chi connectivity index (χ1v) is 21.4. The maximum absolute atomic E-state index is 13.4. The minimum Gasteiger partial charge on any atom is -0.434 e. The Morgan fingerprint density at radius 3 is 1.02 bits per heavy atom. The first kappa shape index (κ1) is 44.1. The molecule has 0 aromatic rings. The number of rotatable bonds is 36. The van der Waals surface area contributed by atoms with Gasteiger partial charge in [0.2, 0.25) is 6.29 Å². The van der Waals surface area contributed by atoms with Gasteiger partial charge in [-0.1, -0.05) is 219 Å². The van der Waals surface area contributed by atoms with Crippen molar-refractivity contribution < 1.29 is 19.1 Å². The van der Waals surface area contributed by atoms with Gasteiger partial charge in [0, 0.05) is 6.61 Å². The number of unbranched alkanes of at least 4 members (excludes halogenated alkanes) is 30. The zero-order valence-electron chi connectivity index (χ0n) is 32.2. The van der Waals surface area contributed by atoms with E-state index in [-0.39, 0.29) is 12.2 Å². The van der Waals surface area contributed by atoms with Crippen molar-refractivity contribution in [3.8, 4) is 0 Å². The van der Waals surface area contributed by atoms with E-state index in [9.17, 15) is 9.59 Å². The predicted octanol–water partition coefficient (Wildman–Crippen LogP) is 14.2. The number of carbonyl (C=O) groups excluding carboxylic acids is 2. The highest BCUT2D eigenvalue weighted by atomic mass is 16.7. The Kier molecular flexibility index (Phi) is 30.3. The second kappa shape index (κ2) is 32.3. The van der Waals surface area contributed by atoms with Crippen LogP contribution in [-0.4, -0.2) is 24.6 Å². The molecule has 0 bridgehead atoms. The van der Waals surface area contributed by atoms with Crippen LogP contribution in [0.5, 0.6) is 0 Å². The number of cyclic esters (lactones) is 1. The van der Waals surface area contributed by atoms with E-state index in [1.807, 2.05) is 6.92 Å². The molecule has 1 aliphatic heterocycles. The number of Topliss-reactive ketones (excluding diaryl/α,β-unsaturated/α-hetero) is 1. The van der Waals surface area contributed by atoms with E-state index in [0.29, 0.717) is 6.61 Å². The highest BCUT2D eigenvalue weighted by molar-refractivity contribution is 6.01. The number of hydrogen-bond donors (Lipinski definition) is 0. The summed E-state index contributed by atoms with van der Waals surface area (Å²) in [5.41, 5.74) is -0.643. The fraction of sp³-hybridized carbons (Fsp3) is 0.953. The average molecular weight is 663 g/mol. The van der Waals surface area contributed by atoms with E-state index in [4.69, 9.17) is 9.47 Å². The quantitative estimate of drug-likeness (QED) is 0.0380. The first-order valence-electron chi connectivity index (χ1n) is 21.4. The molecule has 1 aliphatic rings. The third-order valence-corrected chi connectivity index (χ3v) is 10.8. The molecule has 1 heterocycles. The van der Waals surface area contributed by atoms with Crippen LogP contribution in [0, 0.1) is 5.41 Å². The zero-order chi connectivity index (χ0) is 34.1. The van der Waals surface area contributed by atoms with Crippen molar-refractivity contribution in [3.63, 3.8) is 0 Å². The van der Waals surface area contributed by atoms with Crippen LogP contribution >= 0.6 is 0 Å². The molecule has 1 fully saturated rings. The normalized spacial score (nSPS) is 16.2. The van der Waals surface area contributed by atoms with E-state index in [0.717, 1.165) is 38.5 Å². The van der Waals surface area contributed by atoms with Crippen LogP contribution < -0.4 is 0 Å². The van der Waals surface area contributed by atoms with E-state index in [1.54, 1.807) is 0 Å². The van der Waals surface area contributed by atoms with E-state index >= 15 is 0 Å². The van der Waals surface area contributed by atoms with E-state index in [2.05, 4.69) is 13.8 Å². The minimum absolute atomic E-state index is 0.0640. The number of carbonyl (C=O) groups is 2. The van der Waals surface area contributed by atoms with Crippen LogP contribution in [0.15, 0.2) is 0 Å². The lowest BCUT2D eigenvalue weighted by Gasteiger charge is -2.41. The Morgan fingerprint density at radius 2 is 0.745 bits per heavy atom. The van der Waals surface area contributed by atoms with Gasteiger partial charge < -0.3 is 9.47 Å². The van der Waals surface area contributed by atoms with Crippen LogP contribution in [0.3, 0.4) is 0 Å². The van der Waals surface area contributed by atoms with Gasteiger partial charge in [-0.15, -0.1) is 0 Å². The van der Waals surface area contributed by atoms with Gasteiger partial charge in [0.1, 0.15) is 6.42 Å². The minimum atomic E-state index is -0.700. The maximum Gasteiger partial charge on any atom is 0.315 e. The maximum atomic E-state index is 13.4. The van der Waals surface area contributed by atoms with Crippen LogP contribution in [0.1, 0.15) is 245 Å². The molecule has 0 spiro atoms. The fourth-order valence-electron chi connectivity index (χ4n) is 7.67. The third-order valence-electron chi connectivity index (χ3n) is 10.8. The largest absolute Gasteiger partial charge is 0.434 e. The molecule has 1 saturated heterocycles. The van der Waals surface area contributed by atoms with Gasteiger partial charge in [0.25, 0.3) is 0 Å². The molecule has 278 valence electrons. The monoisotopic (exact) mass is 663 g/mol. The Bertz CT molecular complexity index is 668. The van der Waals surface area contributed by atoms with Crippen LogP contribution in [0.2, 0.25) is 0 Å². The molecule has 0 N–H and O–H groups in total. The summed E-state index contributed by atoms with van der Waals surface area (Å²) in [5.74, 6) is -0.350. The third kappa shape index (κ3) is 23.2. The Morgan fingerprint density at radius 1 is 0.468 bits per heavy atom. The summed E-state index contributed by atoms with van der Waals surface area (Å²) >= 11 is 0. The molecule has 4 heteroatoms. The van der Waals surface area contributed by atoms with Crippen LogP contribution in [-0.2, 0) is 19.1 Å². The van der Waals surface area contributed by atoms with Gasteiger partial charge >= 0.3 is 5.97 Å². The van der Waals surface area contributed by atoms with E-state index in [1.165, 1.54) is 180 Å². The van der Waals surface area contributed by atoms with Gasteiger partial charge in [-0.05, 0) is 19.8 Å². The topological polar surface area (TPSA) is 52.6 Å². The van der Waals surface area contributed by atoms with Crippen LogP contribution in [0.4, 0.5) is 0 Å². The summed E-state index contributed by atoms with van der Waals surface area (Å²) in [6.07, 6.45) is 43.7. The highest BCUT2D eigenvalue weighted by Gasteiger charge is 2.51. The molecule has 0 amide bonds. The molecule has 1 rings (SSSR count). The van der Waals surface area contributed by atoms with Gasteiger partial charge in [-0.2, -0.15) is 0 Å². The second-order valence-corrected chi connectivity index (χ2v) is 15.1. The molecular weight excluding hydrogens is 580 g/mol. The van der Waals surface area contributed by atoms with E-state index < -0.39 is 17.7 Å². The lowest BCUT2D eigenvalue weighted by atomic mass is 9.71. The number of ketones is 1. The molecule has 0 aromatic carbocycles. The van der Waals surface area contributed by atoms with Crippen molar-refractivity contribution in [2.45, 2.75) is 252 Å². The molecule has 0 aliphatic carbocycles. The molecule has 4 nitrogen and oxygen atoms in total. The molecule has 0 aromatic heterocycles. The molecule has 47 heavy (non-hydrogen) atoms. The number of esters is 1. The average Bonchev–Trinajstić information content (AvgIpc) is 3.06. The lowest BCUT2D eigenvalue weighted by molar-refractivity contribution is -0.224. The van der Waals surface area contributed by atoms with Crippen molar-refractivity contribution in [1.82, 2.24) is 0 Å². The molecule has 0 radical (unpaired) electrons. The fourth-order valence-corrected chi connectivity index (χ4v) is 7.67. The SMILES string of the molecule is CCCCCCCCCCCCCCCCCCC1(CCCCCCCCCCCCCCCCCC)C(=O)CC(=O)OC1OCC. The van der Waals surface area contributed by atoms with Crippen molar-refractivity contribution in [2.24, 2.45) is 5.41 Å². The Balaban J connectivity index is 2.20. The lowest BCUT2D eigenvalue weighted by Crippen LogP contribution is -2.51. The highest BCUT2D eigenvalue weighted by Crippen LogP contribution is 2.42. The molecule has 1 unspecified atom stereocenters. The summed E-state index contributed by atoms with van der Waals surface area (Å²) < 4.78 is 11.6. The summed E-state index contributed by atoms with van der Waals surface area (Å²) in [7, 11) is 0. The molecular formula is C43H82O4. The number of ether oxygens (including phenoxy) is 2. The second-order valence-electron chi connectivity index (χ2n) is 15.1. The molecule has 0 saturated carbocycles. The summed E-state index contributed by atoms with van der Waals surface area (Å²) in [6.45, 7) is 6.97. The Hall–Kier alpha value is -0.900. The van der Waals surface area contributed by atoms with Crippen molar-refractivity contribution in [1.29, 1.82) is 0 Å². The van der Waals surface area contributed by atoms with Gasteiger partial charge in [0.05, 0.1) is 5.41 Å². The summed E-state index contributed by atoms with van der Waals surface area (Å²) in [4.78, 5) is 25.6. The van der Waals surface area contributed by atoms with Crippen molar-refractivity contribution >= 4 is 11.8 Å². The van der Waals surface area contributed by atoms with Crippen molar-refractivity contribution in [2.75, 3.05) is 6.61 Å². The summed E-state index contributed by atoms with van der Waals surface area (Å²) in [6, 6.07) is 0. The standard InChI is InChI=1S/C43H82O4/c1-4-7-9-11-13-15-17-19-21-23-25-27-29-31-33-35-37-43(40(44)39-41(45)47-42(43)46-6-3)38-36-34-32-30-28-26-24-22-20-18-16-14-12-10-8-5-2/h42H,4-39H2,1-3H3.